The van der Waals surface area contributed by atoms with Crippen molar-refractivity contribution in [3.63, 3.8) is 0 Å². The van der Waals surface area contributed by atoms with Crippen LogP contribution in [-0.2, 0) is 6.54 Å². The van der Waals surface area contributed by atoms with Crippen LogP contribution in [-0.4, -0.2) is 4.98 Å². The van der Waals surface area contributed by atoms with Crippen molar-refractivity contribution in [3.8, 4) is 11.3 Å². The van der Waals surface area contributed by atoms with Gasteiger partial charge in [0.2, 0.25) is 0 Å². The average Bonchev–Trinajstić information content (AvgIpc) is 2.70. The minimum absolute atomic E-state index is 0.483. The monoisotopic (exact) mass is 208 g/mol. The number of aromatic nitrogens is 1. The summed E-state index contributed by atoms with van der Waals surface area (Å²) in [6.45, 7) is 0.483. The van der Waals surface area contributed by atoms with E-state index in [9.17, 15) is 0 Å². The SMILES string of the molecule is NCc1ccc(-c2cnco2)c(Cl)c1. The van der Waals surface area contributed by atoms with Crippen molar-refractivity contribution in [2.75, 3.05) is 0 Å². The third-order valence-electron chi connectivity index (χ3n) is 1.97. The van der Waals surface area contributed by atoms with E-state index in [0.29, 0.717) is 17.3 Å². The lowest BCUT2D eigenvalue weighted by Crippen LogP contribution is -1.95. The van der Waals surface area contributed by atoms with E-state index >= 15 is 0 Å². The first-order chi connectivity index (χ1) is 6.81. The zero-order valence-corrected chi connectivity index (χ0v) is 8.16. The van der Waals surface area contributed by atoms with Crippen molar-refractivity contribution in [3.05, 3.63) is 41.4 Å². The topological polar surface area (TPSA) is 52.0 Å². The average molecular weight is 209 g/mol. The largest absolute Gasteiger partial charge is 0.443 e. The molecule has 0 amide bonds. The lowest BCUT2D eigenvalue weighted by atomic mass is 10.1. The normalized spacial score (nSPS) is 10.4. The maximum atomic E-state index is 6.06. The lowest BCUT2D eigenvalue weighted by Gasteiger charge is -2.02. The van der Waals surface area contributed by atoms with E-state index in [4.69, 9.17) is 21.8 Å². The van der Waals surface area contributed by atoms with Gasteiger partial charge < -0.3 is 10.2 Å². The number of rotatable bonds is 2. The molecule has 0 aliphatic rings. The molecule has 0 atom stereocenters. The summed E-state index contributed by atoms with van der Waals surface area (Å²) in [5.41, 5.74) is 7.33. The molecule has 1 aromatic carbocycles. The highest BCUT2D eigenvalue weighted by molar-refractivity contribution is 6.33. The highest BCUT2D eigenvalue weighted by Gasteiger charge is 2.06. The van der Waals surface area contributed by atoms with Gasteiger partial charge in [-0.25, -0.2) is 4.98 Å². The number of nitrogens with zero attached hydrogens (tertiary/aromatic N) is 1. The molecule has 0 radical (unpaired) electrons. The summed E-state index contributed by atoms with van der Waals surface area (Å²) in [5.74, 6) is 0.665. The molecular formula is C10H9ClN2O. The number of halogens is 1. The Labute approximate surface area is 86.5 Å². The second-order valence-corrected chi connectivity index (χ2v) is 3.29. The molecule has 2 aromatic rings. The molecule has 72 valence electrons. The molecule has 0 unspecified atom stereocenters. The molecule has 14 heavy (non-hydrogen) atoms. The fraction of sp³-hybridized carbons (Fsp3) is 0.100. The van der Waals surface area contributed by atoms with Gasteiger partial charge in [0.25, 0.3) is 0 Å². The van der Waals surface area contributed by atoms with E-state index < -0.39 is 0 Å². The smallest absolute Gasteiger partial charge is 0.181 e. The van der Waals surface area contributed by atoms with E-state index in [0.717, 1.165) is 11.1 Å². The Hall–Kier alpha value is -1.32. The van der Waals surface area contributed by atoms with Crippen molar-refractivity contribution in [2.24, 2.45) is 5.73 Å². The molecule has 0 fully saturated rings. The van der Waals surface area contributed by atoms with Gasteiger partial charge in [0.1, 0.15) is 0 Å². The number of benzene rings is 1. The van der Waals surface area contributed by atoms with Crippen molar-refractivity contribution in [1.29, 1.82) is 0 Å². The standard InChI is InChI=1S/C10H9ClN2O/c11-9-3-7(4-12)1-2-8(9)10-5-13-6-14-10/h1-3,5-6H,4,12H2. The van der Waals surface area contributed by atoms with Gasteiger partial charge in [0, 0.05) is 12.1 Å². The van der Waals surface area contributed by atoms with Crippen LogP contribution in [0.15, 0.2) is 35.2 Å². The first-order valence-corrected chi connectivity index (χ1v) is 4.56. The van der Waals surface area contributed by atoms with Crippen LogP contribution >= 0.6 is 11.6 Å². The number of hydrogen-bond acceptors (Lipinski definition) is 3. The molecule has 1 aromatic heterocycles. The van der Waals surface area contributed by atoms with Crippen LogP contribution in [0, 0.1) is 0 Å². The molecule has 3 nitrogen and oxygen atoms in total. The number of oxazole rings is 1. The summed E-state index contributed by atoms with van der Waals surface area (Å²) in [5, 5.41) is 0.629. The summed E-state index contributed by atoms with van der Waals surface area (Å²) < 4.78 is 5.15. The van der Waals surface area contributed by atoms with Crippen LogP contribution in [0.4, 0.5) is 0 Å². The zero-order valence-electron chi connectivity index (χ0n) is 7.40. The molecule has 0 bridgehead atoms. The summed E-state index contributed by atoms with van der Waals surface area (Å²) in [6.07, 6.45) is 3.01. The Kier molecular flexibility index (Phi) is 2.52. The van der Waals surface area contributed by atoms with E-state index in [-0.39, 0.29) is 0 Å². The molecule has 4 heteroatoms. The van der Waals surface area contributed by atoms with E-state index in [1.54, 1.807) is 6.20 Å². The van der Waals surface area contributed by atoms with Gasteiger partial charge >= 0.3 is 0 Å². The van der Waals surface area contributed by atoms with Crippen LogP contribution in [0.25, 0.3) is 11.3 Å². The summed E-state index contributed by atoms with van der Waals surface area (Å²) in [4.78, 5) is 3.83. The van der Waals surface area contributed by atoms with Crippen molar-refractivity contribution >= 4 is 11.6 Å². The maximum Gasteiger partial charge on any atom is 0.181 e. The number of hydrogen-bond donors (Lipinski definition) is 1. The second-order valence-electron chi connectivity index (χ2n) is 2.88. The first-order valence-electron chi connectivity index (χ1n) is 4.18. The predicted octanol–water partition coefficient (Wildman–Crippen LogP) is 2.45. The minimum Gasteiger partial charge on any atom is -0.443 e. The van der Waals surface area contributed by atoms with Gasteiger partial charge in [-0.2, -0.15) is 0 Å². The van der Waals surface area contributed by atoms with E-state index in [1.807, 2.05) is 18.2 Å². The summed E-state index contributed by atoms with van der Waals surface area (Å²) >= 11 is 6.06. The Morgan fingerprint density at radius 2 is 2.29 bits per heavy atom. The van der Waals surface area contributed by atoms with Gasteiger partial charge in [-0.05, 0) is 17.7 Å². The third kappa shape index (κ3) is 1.64. The Morgan fingerprint density at radius 1 is 1.43 bits per heavy atom. The van der Waals surface area contributed by atoms with E-state index in [2.05, 4.69) is 4.98 Å². The Morgan fingerprint density at radius 3 is 2.86 bits per heavy atom. The first kappa shape index (κ1) is 9.24. The molecule has 0 spiro atoms. The van der Waals surface area contributed by atoms with Gasteiger partial charge in [-0.3, -0.25) is 0 Å². The molecule has 1 heterocycles. The highest BCUT2D eigenvalue weighted by Crippen LogP contribution is 2.28. The van der Waals surface area contributed by atoms with Crippen molar-refractivity contribution in [1.82, 2.24) is 4.98 Å². The van der Waals surface area contributed by atoms with Gasteiger partial charge in [0.05, 0.1) is 11.2 Å². The Bertz CT molecular complexity index is 426. The minimum atomic E-state index is 0.483. The fourth-order valence-corrected chi connectivity index (χ4v) is 1.53. The molecule has 0 saturated heterocycles. The molecule has 2 N–H and O–H groups in total. The van der Waals surface area contributed by atoms with Crippen molar-refractivity contribution < 1.29 is 4.42 Å². The van der Waals surface area contributed by atoms with Gasteiger partial charge in [0.15, 0.2) is 12.2 Å². The predicted molar refractivity (Wildman–Crippen MR) is 54.8 cm³/mol. The van der Waals surface area contributed by atoms with Crippen LogP contribution in [0.2, 0.25) is 5.02 Å². The lowest BCUT2D eigenvalue weighted by molar-refractivity contribution is 0.572. The second kappa shape index (κ2) is 3.82. The maximum absolute atomic E-state index is 6.06. The molecule has 0 aliphatic carbocycles. The molecule has 0 aliphatic heterocycles. The van der Waals surface area contributed by atoms with Gasteiger partial charge in [-0.15, -0.1) is 0 Å². The number of nitrogens with two attached hydrogens (primary N) is 1. The quantitative estimate of drug-likeness (QED) is 0.825. The molecule has 2 rings (SSSR count). The van der Waals surface area contributed by atoms with E-state index in [1.165, 1.54) is 6.39 Å². The summed E-state index contributed by atoms with van der Waals surface area (Å²) in [7, 11) is 0. The molecule has 0 saturated carbocycles. The van der Waals surface area contributed by atoms with Crippen LogP contribution in [0.5, 0.6) is 0 Å². The van der Waals surface area contributed by atoms with Crippen molar-refractivity contribution in [2.45, 2.75) is 6.54 Å². The fourth-order valence-electron chi connectivity index (χ4n) is 1.23. The van der Waals surface area contributed by atoms with Crippen LogP contribution in [0.1, 0.15) is 5.56 Å². The third-order valence-corrected chi connectivity index (χ3v) is 2.28. The summed E-state index contributed by atoms with van der Waals surface area (Å²) in [6, 6.07) is 5.63. The zero-order chi connectivity index (χ0) is 9.97. The molecular weight excluding hydrogens is 200 g/mol. The Balaban J connectivity index is 2.46. The highest BCUT2D eigenvalue weighted by atomic mass is 35.5. The van der Waals surface area contributed by atoms with Crippen LogP contribution < -0.4 is 5.73 Å². The van der Waals surface area contributed by atoms with Gasteiger partial charge in [-0.1, -0.05) is 17.7 Å². The van der Waals surface area contributed by atoms with Crippen LogP contribution in [0.3, 0.4) is 0 Å².